The molecule has 88 valence electrons. The van der Waals surface area contributed by atoms with Crippen LogP contribution in [0.5, 0.6) is 0 Å². The maximum absolute atomic E-state index is 11.0. The maximum atomic E-state index is 11.0. The van der Waals surface area contributed by atoms with Gasteiger partial charge in [-0.15, -0.1) is 0 Å². The Bertz CT molecular complexity index is 325. The summed E-state index contributed by atoms with van der Waals surface area (Å²) in [5.74, 6) is 0.534. The fourth-order valence-electron chi connectivity index (χ4n) is 1.66. The summed E-state index contributed by atoms with van der Waals surface area (Å²) in [6, 6.07) is 8.49. The zero-order chi connectivity index (χ0) is 12.0. The van der Waals surface area contributed by atoms with E-state index in [0.717, 1.165) is 12.8 Å². The van der Waals surface area contributed by atoms with Crippen molar-refractivity contribution < 1.29 is 9.53 Å². The van der Waals surface area contributed by atoms with Crippen molar-refractivity contribution >= 4 is 5.97 Å². The Morgan fingerprint density at radius 1 is 1.19 bits per heavy atom. The van der Waals surface area contributed by atoms with Crippen LogP contribution in [0.25, 0.3) is 0 Å². The second-order valence-electron chi connectivity index (χ2n) is 4.49. The topological polar surface area (TPSA) is 26.3 Å². The van der Waals surface area contributed by atoms with Crippen molar-refractivity contribution in [2.24, 2.45) is 5.92 Å². The Balaban J connectivity index is 2.48. The van der Waals surface area contributed by atoms with Crippen molar-refractivity contribution in [1.29, 1.82) is 0 Å². The predicted molar refractivity (Wildman–Crippen MR) is 65.3 cm³/mol. The first-order chi connectivity index (χ1) is 7.61. The quantitative estimate of drug-likeness (QED) is 0.713. The van der Waals surface area contributed by atoms with Gasteiger partial charge in [0.2, 0.25) is 0 Å². The number of hydrogen-bond donors (Lipinski definition) is 0. The molecule has 0 aliphatic heterocycles. The molecule has 0 amide bonds. The average molecular weight is 220 g/mol. The van der Waals surface area contributed by atoms with Gasteiger partial charge in [0, 0.05) is 6.42 Å². The standard InChI is InChI=1S/C14H20O2/c1-11(2)10-13-6-4-12(5-7-13)8-9-14(15)16-3/h4-7,11H,8-10H2,1-3H3. The summed E-state index contributed by atoms with van der Waals surface area (Å²) in [4.78, 5) is 11.0. The number of carbonyl (C=O) groups is 1. The molecule has 0 N–H and O–H groups in total. The van der Waals surface area contributed by atoms with Crippen LogP contribution in [0.1, 0.15) is 31.4 Å². The summed E-state index contributed by atoms with van der Waals surface area (Å²) in [7, 11) is 1.42. The van der Waals surface area contributed by atoms with Gasteiger partial charge in [-0.05, 0) is 29.9 Å². The molecule has 1 aromatic carbocycles. The van der Waals surface area contributed by atoms with E-state index in [4.69, 9.17) is 0 Å². The molecule has 2 nitrogen and oxygen atoms in total. The summed E-state index contributed by atoms with van der Waals surface area (Å²) >= 11 is 0. The van der Waals surface area contributed by atoms with E-state index in [-0.39, 0.29) is 5.97 Å². The van der Waals surface area contributed by atoms with Gasteiger partial charge in [0.05, 0.1) is 7.11 Å². The Hall–Kier alpha value is -1.31. The molecule has 0 spiro atoms. The first-order valence-electron chi connectivity index (χ1n) is 5.76. The van der Waals surface area contributed by atoms with Crippen molar-refractivity contribution in [3.63, 3.8) is 0 Å². The largest absolute Gasteiger partial charge is 0.469 e. The fraction of sp³-hybridized carbons (Fsp3) is 0.500. The zero-order valence-electron chi connectivity index (χ0n) is 10.3. The lowest BCUT2D eigenvalue weighted by molar-refractivity contribution is -0.140. The molecular formula is C14H20O2. The lowest BCUT2D eigenvalue weighted by Crippen LogP contribution is -2.02. The molecule has 1 rings (SSSR count). The number of methoxy groups -OCH3 is 1. The summed E-state index contributed by atoms with van der Waals surface area (Å²) in [6.07, 6.45) is 2.33. The Morgan fingerprint density at radius 2 is 1.75 bits per heavy atom. The van der Waals surface area contributed by atoms with Crippen LogP contribution in [-0.4, -0.2) is 13.1 Å². The van der Waals surface area contributed by atoms with Gasteiger partial charge < -0.3 is 4.74 Å². The highest BCUT2D eigenvalue weighted by atomic mass is 16.5. The molecule has 0 saturated carbocycles. The van der Waals surface area contributed by atoms with E-state index in [1.165, 1.54) is 18.2 Å². The molecule has 0 fully saturated rings. The summed E-state index contributed by atoms with van der Waals surface area (Å²) in [5.41, 5.74) is 2.55. The lowest BCUT2D eigenvalue weighted by Gasteiger charge is -2.06. The Labute approximate surface area is 97.6 Å². The molecule has 0 aliphatic carbocycles. The zero-order valence-corrected chi connectivity index (χ0v) is 10.3. The van der Waals surface area contributed by atoms with Gasteiger partial charge >= 0.3 is 5.97 Å². The molecule has 0 bridgehead atoms. The third-order valence-corrected chi connectivity index (χ3v) is 2.51. The monoisotopic (exact) mass is 220 g/mol. The van der Waals surface area contributed by atoms with E-state index >= 15 is 0 Å². The highest BCUT2D eigenvalue weighted by Gasteiger charge is 2.02. The van der Waals surface area contributed by atoms with Gasteiger partial charge in [0.1, 0.15) is 0 Å². The third-order valence-electron chi connectivity index (χ3n) is 2.51. The van der Waals surface area contributed by atoms with Crippen LogP contribution in [-0.2, 0) is 22.4 Å². The molecule has 0 aliphatic rings. The summed E-state index contributed by atoms with van der Waals surface area (Å²) in [5, 5.41) is 0. The number of rotatable bonds is 5. The van der Waals surface area contributed by atoms with Crippen LogP contribution < -0.4 is 0 Å². The minimum absolute atomic E-state index is 0.147. The van der Waals surface area contributed by atoms with E-state index in [1.807, 2.05) is 0 Å². The van der Waals surface area contributed by atoms with Gasteiger partial charge in [-0.25, -0.2) is 0 Å². The summed E-state index contributed by atoms with van der Waals surface area (Å²) in [6.45, 7) is 4.43. The van der Waals surface area contributed by atoms with Crippen LogP contribution in [0.15, 0.2) is 24.3 Å². The molecule has 2 heteroatoms. The van der Waals surface area contributed by atoms with E-state index in [9.17, 15) is 4.79 Å². The van der Waals surface area contributed by atoms with Gasteiger partial charge in [-0.2, -0.15) is 0 Å². The van der Waals surface area contributed by atoms with E-state index in [2.05, 4.69) is 42.8 Å². The smallest absolute Gasteiger partial charge is 0.305 e. The summed E-state index contributed by atoms with van der Waals surface area (Å²) < 4.78 is 4.61. The molecule has 0 heterocycles. The highest BCUT2D eigenvalue weighted by Crippen LogP contribution is 2.11. The van der Waals surface area contributed by atoms with Crippen molar-refractivity contribution in [3.05, 3.63) is 35.4 Å². The van der Waals surface area contributed by atoms with Crippen molar-refractivity contribution in [3.8, 4) is 0 Å². The molecule has 1 aromatic rings. The fourth-order valence-corrected chi connectivity index (χ4v) is 1.66. The van der Waals surface area contributed by atoms with Gasteiger partial charge in [0.15, 0.2) is 0 Å². The van der Waals surface area contributed by atoms with Crippen LogP contribution >= 0.6 is 0 Å². The van der Waals surface area contributed by atoms with Crippen LogP contribution in [0.3, 0.4) is 0 Å². The molecule has 0 atom stereocenters. The van der Waals surface area contributed by atoms with Crippen LogP contribution in [0.4, 0.5) is 0 Å². The van der Waals surface area contributed by atoms with Crippen molar-refractivity contribution in [2.75, 3.05) is 7.11 Å². The van der Waals surface area contributed by atoms with Gasteiger partial charge in [0.25, 0.3) is 0 Å². The van der Waals surface area contributed by atoms with E-state index in [0.29, 0.717) is 12.3 Å². The second kappa shape index (κ2) is 6.31. The third kappa shape index (κ3) is 4.47. The molecule has 0 radical (unpaired) electrons. The Morgan fingerprint density at radius 3 is 2.25 bits per heavy atom. The average Bonchev–Trinajstić information content (AvgIpc) is 2.27. The van der Waals surface area contributed by atoms with Gasteiger partial charge in [-0.3, -0.25) is 4.79 Å². The molecule has 0 saturated heterocycles. The normalized spacial score (nSPS) is 10.5. The second-order valence-corrected chi connectivity index (χ2v) is 4.49. The highest BCUT2D eigenvalue weighted by molar-refractivity contribution is 5.69. The Kier molecular flexibility index (Phi) is 5.03. The first kappa shape index (κ1) is 12.8. The predicted octanol–water partition coefficient (Wildman–Crippen LogP) is 2.99. The minimum Gasteiger partial charge on any atom is -0.469 e. The number of esters is 1. The number of aryl methyl sites for hydroxylation is 1. The van der Waals surface area contributed by atoms with Crippen molar-refractivity contribution in [2.45, 2.75) is 33.1 Å². The van der Waals surface area contributed by atoms with E-state index < -0.39 is 0 Å². The number of hydrogen-bond acceptors (Lipinski definition) is 2. The number of ether oxygens (including phenoxy) is 1. The van der Waals surface area contributed by atoms with Crippen molar-refractivity contribution in [1.82, 2.24) is 0 Å². The number of benzene rings is 1. The van der Waals surface area contributed by atoms with E-state index in [1.54, 1.807) is 0 Å². The first-order valence-corrected chi connectivity index (χ1v) is 5.76. The molecule has 16 heavy (non-hydrogen) atoms. The van der Waals surface area contributed by atoms with Gasteiger partial charge in [-0.1, -0.05) is 38.1 Å². The van der Waals surface area contributed by atoms with Crippen LogP contribution in [0, 0.1) is 5.92 Å². The maximum Gasteiger partial charge on any atom is 0.305 e. The molecule has 0 unspecified atom stereocenters. The molecule has 0 aromatic heterocycles. The SMILES string of the molecule is COC(=O)CCc1ccc(CC(C)C)cc1. The molecular weight excluding hydrogens is 200 g/mol. The van der Waals surface area contributed by atoms with Crippen LogP contribution in [0.2, 0.25) is 0 Å². The minimum atomic E-state index is -0.147. The number of carbonyl (C=O) groups excluding carboxylic acids is 1. The lowest BCUT2D eigenvalue weighted by atomic mass is 10.0.